The first-order chi connectivity index (χ1) is 14.6. The van der Waals surface area contributed by atoms with E-state index in [2.05, 4.69) is 35.3 Å². The summed E-state index contributed by atoms with van der Waals surface area (Å²) in [5.74, 6) is -0.0301. The highest BCUT2D eigenvalue weighted by atomic mass is 32.2. The average molecular weight is 436 g/mol. The summed E-state index contributed by atoms with van der Waals surface area (Å²) >= 11 is 3.03. The topological polar surface area (TPSA) is 71.7 Å². The molecule has 1 saturated heterocycles. The molecule has 0 bridgehead atoms. The third-order valence-corrected chi connectivity index (χ3v) is 7.29. The molecule has 0 aromatic heterocycles. The molecular weight excluding hydrogens is 414 g/mol. The van der Waals surface area contributed by atoms with Crippen LogP contribution >= 0.6 is 23.5 Å². The molecule has 0 aliphatic carbocycles. The lowest BCUT2D eigenvalue weighted by Crippen LogP contribution is -2.29. The van der Waals surface area contributed by atoms with Gasteiger partial charge in [-0.15, -0.1) is 0 Å². The number of likely N-dealkylation sites (N-methyl/N-ethyl adjacent to an activating group) is 1. The number of amidine groups is 1. The number of amides is 1. The van der Waals surface area contributed by atoms with Crippen LogP contribution in [0.2, 0.25) is 0 Å². The number of anilines is 2. The van der Waals surface area contributed by atoms with E-state index in [0.29, 0.717) is 27.9 Å². The van der Waals surface area contributed by atoms with Gasteiger partial charge in [0.15, 0.2) is 5.17 Å². The highest BCUT2D eigenvalue weighted by Crippen LogP contribution is 2.50. The van der Waals surface area contributed by atoms with Gasteiger partial charge in [0.1, 0.15) is 9.93 Å². The minimum atomic E-state index is -0.0301. The molecule has 6 nitrogen and oxygen atoms in total. The largest absolute Gasteiger partial charge is 0.386 e. The van der Waals surface area contributed by atoms with Gasteiger partial charge in [0.05, 0.1) is 28.7 Å². The van der Waals surface area contributed by atoms with Gasteiger partial charge in [-0.05, 0) is 55.9 Å². The van der Waals surface area contributed by atoms with Gasteiger partial charge >= 0.3 is 0 Å². The smallest absolute Gasteiger partial charge is 0.269 e. The Hall–Kier alpha value is -2.89. The zero-order valence-corrected chi connectivity index (χ0v) is 18.6. The number of nitrogens with one attached hydrogen (secondary N) is 1. The van der Waals surface area contributed by atoms with Crippen molar-refractivity contribution in [2.75, 3.05) is 30.4 Å². The molecule has 2 aliphatic heterocycles. The number of hydrogen-bond acceptors (Lipinski definition) is 7. The quantitative estimate of drug-likeness (QED) is 0.683. The lowest BCUT2D eigenvalue weighted by atomic mass is 10.2. The van der Waals surface area contributed by atoms with Crippen LogP contribution in [0.3, 0.4) is 0 Å². The van der Waals surface area contributed by atoms with Gasteiger partial charge in [0.25, 0.3) is 5.91 Å². The number of nitrogens with zero attached hydrogens (tertiary/aromatic N) is 4. The fraction of sp³-hybridized carbons (Fsp3) is 0.227. The lowest BCUT2D eigenvalue weighted by molar-refractivity contribution is -0.122. The van der Waals surface area contributed by atoms with E-state index in [0.717, 1.165) is 27.8 Å². The molecule has 8 heteroatoms. The zero-order valence-electron chi connectivity index (χ0n) is 17.0. The summed E-state index contributed by atoms with van der Waals surface area (Å²) in [6, 6.07) is 15.7. The van der Waals surface area contributed by atoms with Crippen molar-refractivity contribution < 1.29 is 4.79 Å². The van der Waals surface area contributed by atoms with E-state index >= 15 is 0 Å². The van der Waals surface area contributed by atoms with Gasteiger partial charge in [-0.25, -0.2) is 4.99 Å². The normalized spacial score (nSPS) is 19.4. The predicted octanol–water partition coefficient (Wildman–Crippen LogP) is 4.98. The fourth-order valence-corrected chi connectivity index (χ4v) is 5.87. The molecule has 2 heterocycles. The SMILES string of the molecule is CCN1C(=O)/C(=C2/Sc3ccccc3N2CC)SC1=Nc1cc(C#N)ccc1NC. The second-order valence-corrected chi connectivity index (χ2v) is 8.60. The van der Waals surface area contributed by atoms with E-state index in [4.69, 9.17) is 4.99 Å². The molecule has 152 valence electrons. The number of thioether (sulfide) groups is 2. The molecule has 1 N–H and O–H groups in total. The van der Waals surface area contributed by atoms with Gasteiger partial charge in [-0.1, -0.05) is 23.9 Å². The van der Waals surface area contributed by atoms with Crippen LogP contribution in [0.4, 0.5) is 17.1 Å². The van der Waals surface area contributed by atoms with Crippen molar-refractivity contribution in [2.45, 2.75) is 18.7 Å². The first-order valence-corrected chi connectivity index (χ1v) is 11.3. The molecule has 0 atom stereocenters. The summed E-state index contributed by atoms with van der Waals surface area (Å²) in [5.41, 5.74) is 3.12. The number of benzene rings is 2. The van der Waals surface area contributed by atoms with Crippen LogP contribution in [-0.2, 0) is 4.79 Å². The summed E-state index contributed by atoms with van der Waals surface area (Å²) < 4.78 is 0. The van der Waals surface area contributed by atoms with Crippen molar-refractivity contribution >= 4 is 51.7 Å². The number of carbonyl (C=O) groups excluding carboxylic acids is 1. The van der Waals surface area contributed by atoms with E-state index in [9.17, 15) is 10.1 Å². The third-order valence-electron chi connectivity index (χ3n) is 4.91. The van der Waals surface area contributed by atoms with Crippen molar-refractivity contribution in [1.82, 2.24) is 4.90 Å². The van der Waals surface area contributed by atoms with Crippen LogP contribution < -0.4 is 10.2 Å². The fourth-order valence-electron chi connectivity index (χ4n) is 3.42. The minimum absolute atomic E-state index is 0.0301. The first-order valence-electron chi connectivity index (χ1n) is 9.70. The number of carbonyl (C=O) groups is 1. The standard InChI is InChI=1S/C22H21N5OS2/c1-4-26-17-8-6-7-9-18(17)29-21(26)19-20(28)27(5-2)22(30-19)25-16-12-14(13-23)10-11-15(16)24-3/h6-12,24H,4-5H2,1-3H3/b21-19-,25-22?. The van der Waals surface area contributed by atoms with Crippen molar-refractivity contribution in [3.05, 3.63) is 58.0 Å². The molecule has 1 amide bonds. The van der Waals surface area contributed by atoms with Crippen molar-refractivity contribution in [2.24, 2.45) is 4.99 Å². The molecule has 1 fully saturated rings. The molecule has 2 aliphatic rings. The molecule has 30 heavy (non-hydrogen) atoms. The first kappa shape index (κ1) is 20.4. The lowest BCUT2D eigenvalue weighted by Gasteiger charge is -2.19. The van der Waals surface area contributed by atoms with E-state index in [-0.39, 0.29) is 5.91 Å². The van der Waals surface area contributed by atoms with Crippen molar-refractivity contribution in [3.8, 4) is 6.07 Å². The van der Waals surface area contributed by atoms with Crippen LogP contribution in [-0.4, -0.2) is 36.1 Å². The van der Waals surface area contributed by atoms with Gasteiger partial charge in [-0.3, -0.25) is 9.69 Å². The molecule has 0 radical (unpaired) electrons. The maximum Gasteiger partial charge on any atom is 0.269 e. The minimum Gasteiger partial charge on any atom is -0.386 e. The highest BCUT2D eigenvalue weighted by Gasteiger charge is 2.39. The number of hydrogen-bond donors (Lipinski definition) is 1. The summed E-state index contributed by atoms with van der Waals surface area (Å²) in [5, 5.41) is 13.9. The van der Waals surface area contributed by atoms with Gasteiger partial charge in [0, 0.05) is 25.0 Å². The maximum atomic E-state index is 13.3. The number of para-hydroxylation sites is 1. The number of aliphatic imine (C=N–C) groups is 1. The Bertz CT molecular complexity index is 1120. The van der Waals surface area contributed by atoms with Crippen LogP contribution in [0.15, 0.2) is 62.3 Å². The molecular formula is C22H21N5OS2. The van der Waals surface area contributed by atoms with E-state index in [1.807, 2.05) is 32.2 Å². The van der Waals surface area contributed by atoms with Crippen LogP contribution in [0, 0.1) is 11.3 Å². The Labute approximate surface area is 184 Å². The molecule has 0 saturated carbocycles. The number of rotatable bonds is 4. The summed E-state index contributed by atoms with van der Waals surface area (Å²) in [7, 11) is 1.81. The Morgan fingerprint density at radius 3 is 2.57 bits per heavy atom. The summed E-state index contributed by atoms with van der Waals surface area (Å²) in [6.07, 6.45) is 0. The Balaban J connectivity index is 1.78. The second-order valence-electron chi connectivity index (χ2n) is 6.59. The zero-order chi connectivity index (χ0) is 21.3. The maximum absolute atomic E-state index is 13.3. The van der Waals surface area contributed by atoms with Crippen molar-refractivity contribution in [3.63, 3.8) is 0 Å². The molecule has 2 aromatic carbocycles. The Morgan fingerprint density at radius 1 is 1.10 bits per heavy atom. The molecule has 2 aromatic rings. The molecule has 0 unspecified atom stereocenters. The van der Waals surface area contributed by atoms with E-state index in [1.165, 1.54) is 11.8 Å². The van der Waals surface area contributed by atoms with E-state index < -0.39 is 0 Å². The monoisotopic (exact) mass is 435 g/mol. The summed E-state index contributed by atoms with van der Waals surface area (Å²) in [6.45, 7) is 5.34. The van der Waals surface area contributed by atoms with Gasteiger partial charge in [-0.2, -0.15) is 5.26 Å². The van der Waals surface area contributed by atoms with Crippen LogP contribution in [0.1, 0.15) is 19.4 Å². The van der Waals surface area contributed by atoms with E-state index in [1.54, 1.807) is 28.8 Å². The third kappa shape index (κ3) is 3.44. The van der Waals surface area contributed by atoms with Crippen LogP contribution in [0.25, 0.3) is 0 Å². The van der Waals surface area contributed by atoms with Crippen molar-refractivity contribution in [1.29, 1.82) is 5.26 Å². The number of nitriles is 1. The molecule has 4 rings (SSSR count). The Kier molecular flexibility index (Phi) is 5.75. The molecule has 0 spiro atoms. The average Bonchev–Trinajstić information content (AvgIpc) is 3.30. The van der Waals surface area contributed by atoms with Gasteiger partial charge in [0.2, 0.25) is 0 Å². The summed E-state index contributed by atoms with van der Waals surface area (Å²) in [4.78, 5) is 23.8. The predicted molar refractivity (Wildman–Crippen MR) is 125 cm³/mol. The number of fused-ring (bicyclic) bond motifs is 1. The van der Waals surface area contributed by atoms with Crippen LogP contribution in [0.5, 0.6) is 0 Å². The highest BCUT2D eigenvalue weighted by molar-refractivity contribution is 8.19. The van der Waals surface area contributed by atoms with Gasteiger partial charge < -0.3 is 10.2 Å². The Morgan fingerprint density at radius 2 is 1.87 bits per heavy atom. The second kappa shape index (κ2) is 8.46.